The third-order valence-corrected chi connectivity index (χ3v) is 6.47. The molecule has 0 spiro atoms. The number of methoxy groups -OCH3 is 1. The summed E-state index contributed by atoms with van der Waals surface area (Å²) in [6.45, 7) is 2.27. The molecule has 152 valence electrons. The molecule has 0 radical (unpaired) electrons. The number of thiophene rings is 1. The zero-order valence-corrected chi connectivity index (χ0v) is 17.3. The molecule has 4 rings (SSSR count). The Balaban J connectivity index is 1.38. The molecule has 0 aliphatic carbocycles. The molecular weight excluding hydrogens is 386 g/mol. The van der Waals surface area contributed by atoms with Gasteiger partial charge in [-0.3, -0.25) is 9.59 Å². The van der Waals surface area contributed by atoms with E-state index >= 15 is 0 Å². The van der Waals surface area contributed by atoms with E-state index in [1.807, 2.05) is 35.4 Å². The number of likely N-dealkylation sites (tertiary alicyclic amines) is 1. The Hall–Kier alpha value is -2.64. The maximum Gasteiger partial charge on any atom is 0.263 e. The summed E-state index contributed by atoms with van der Waals surface area (Å²) in [5.74, 6) is 0.0871. The standard InChI is InChI=1S/C22H25N3O3S/c1-28-15-11-23-21(26)17-8-12-24(13-9-17)22(27)19-6-7-20(29-19)25-14-10-16-4-2-3-5-18(16)25/h2-7,10,14,17H,8-9,11-13,15H2,1H3,(H,23,26). The lowest BCUT2D eigenvalue weighted by Crippen LogP contribution is -2.43. The lowest BCUT2D eigenvalue weighted by Gasteiger charge is -2.31. The van der Waals surface area contributed by atoms with Crippen LogP contribution in [0.4, 0.5) is 0 Å². The highest BCUT2D eigenvalue weighted by molar-refractivity contribution is 7.16. The van der Waals surface area contributed by atoms with Crippen LogP contribution in [0.25, 0.3) is 15.9 Å². The average Bonchev–Trinajstić information content (AvgIpc) is 3.40. The smallest absolute Gasteiger partial charge is 0.263 e. The number of para-hydroxylation sites is 1. The fraction of sp³-hybridized carbons (Fsp3) is 0.364. The van der Waals surface area contributed by atoms with Gasteiger partial charge in [0.25, 0.3) is 5.91 Å². The number of piperidine rings is 1. The Morgan fingerprint density at radius 1 is 1.14 bits per heavy atom. The van der Waals surface area contributed by atoms with E-state index in [2.05, 4.69) is 28.1 Å². The number of benzene rings is 1. The summed E-state index contributed by atoms with van der Waals surface area (Å²) in [7, 11) is 1.62. The molecule has 2 aromatic heterocycles. The maximum atomic E-state index is 12.9. The van der Waals surface area contributed by atoms with E-state index in [9.17, 15) is 9.59 Å². The highest BCUT2D eigenvalue weighted by Crippen LogP contribution is 2.28. The summed E-state index contributed by atoms with van der Waals surface area (Å²) in [6.07, 6.45) is 3.44. The molecule has 1 fully saturated rings. The molecule has 3 aromatic rings. The van der Waals surface area contributed by atoms with Crippen LogP contribution in [0.2, 0.25) is 0 Å². The molecule has 29 heavy (non-hydrogen) atoms. The van der Waals surface area contributed by atoms with Crippen molar-refractivity contribution in [1.82, 2.24) is 14.8 Å². The van der Waals surface area contributed by atoms with Crippen molar-refractivity contribution in [3.8, 4) is 5.00 Å². The molecule has 2 amide bonds. The van der Waals surface area contributed by atoms with Crippen LogP contribution in [0.15, 0.2) is 48.7 Å². The van der Waals surface area contributed by atoms with Crippen molar-refractivity contribution in [1.29, 1.82) is 0 Å². The number of amides is 2. The number of aromatic nitrogens is 1. The highest BCUT2D eigenvalue weighted by Gasteiger charge is 2.28. The molecule has 7 heteroatoms. The number of rotatable bonds is 6. The molecule has 1 aromatic carbocycles. The van der Waals surface area contributed by atoms with Crippen LogP contribution in [0.3, 0.4) is 0 Å². The van der Waals surface area contributed by atoms with Crippen molar-refractivity contribution >= 4 is 34.1 Å². The highest BCUT2D eigenvalue weighted by atomic mass is 32.1. The molecule has 1 aliphatic heterocycles. The number of fused-ring (bicyclic) bond motifs is 1. The number of hydrogen-bond donors (Lipinski definition) is 1. The van der Waals surface area contributed by atoms with Crippen LogP contribution < -0.4 is 5.32 Å². The number of hydrogen-bond acceptors (Lipinski definition) is 4. The molecule has 0 atom stereocenters. The first kappa shape index (κ1) is 19.7. The first-order valence-electron chi connectivity index (χ1n) is 9.89. The first-order valence-corrected chi connectivity index (χ1v) is 10.7. The molecule has 1 saturated heterocycles. The molecule has 1 aliphatic rings. The van der Waals surface area contributed by atoms with Crippen molar-refractivity contribution in [3.63, 3.8) is 0 Å². The van der Waals surface area contributed by atoms with Gasteiger partial charge in [-0.05, 0) is 42.5 Å². The summed E-state index contributed by atoms with van der Waals surface area (Å²) in [5, 5.41) is 5.10. The van der Waals surface area contributed by atoms with E-state index in [4.69, 9.17) is 4.74 Å². The first-order chi connectivity index (χ1) is 14.2. The fourth-order valence-electron chi connectivity index (χ4n) is 3.77. The van der Waals surface area contributed by atoms with E-state index in [0.29, 0.717) is 39.1 Å². The minimum absolute atomic E-state index is 0.0268. The van der Waals surface area contributed by atoms with Crippen molar-refractivity contribution in [3.05, 3.63) is 53.5 Å². The summed E-state index contributed by atoms with van der Waals surface area (Å²) >= 11 is 1.51. The second-order valence-electron chi connectivity index (χ2n) is 7.23. The molecule has 0 saturated carbocycles. The van der Waals surface area contributed by atoms with E-state index in [0.717, 1.165) is 15.4 Å². The SMILES string of the molecule is COCCNC(=O)C1CCN(C(=O)c2ccc(-n3ccc4ccccc43)s2)CC1. The lowest BCUT2D eigenvalue weighted by molar-refractivity contribution is -0.126. The van der Waals surface area contributed by atoms with Crippen LogP contribution >= 0.6 is 11.3 Å². The zero-order valence-electron chi connectivity index (χ0n) is 16.5. The number of carbonyl (C=O) groups is 2. The van der Waals surface area contributed by atoms with Gasteiger partial charge < -0.3 is 19.5 Å². The second kappa shape index (κ2) is 8.80. The fourth-order valence-corrected chi connectivity index (χ4v) is 4.74. The Morgan fingerprint density at radius 3 is 2.72 bits per heavy atom. The molecule has 3 heterocycles. The van der Waals surface area contributed by atoms with Crippen molar-refractivity contribution in [2.24, 2.45) is 5.92 Å². The molecule has 1 N–H and O–H groups in total. The molecular formula is C22H25N3O3S. The van der Waals surface area contributed by atoms with Gasteiger partial charge in [-0.25, -0.2) is 0 Å². The Bertz CT molecular complexity index is 1000. The number of nitrogens with one attached hydrogen (secondary N) is 1. The molecule has 0 bridgehead atoms. The van der Waals surface area contributed by atoms with Crippen LogP contribution in [0.1, 0.15) is 22.5 Å². The summed E-state index contributed by atoms with van der Waals surface area (Å²) in [4.78, 5) is 27.7. The van der Waals surface area contributed by atoms with Crippen molar-refractivity contribution < 1.29 is 14.3 Å². The normalized spacial score (nSPS) is 15.0. The number of ether oxygens (including phenoxy) is 1. The van der Waals surface area contributed by atoms with E-state index in [1.165, 1.54) is 16.7 Å². The topological polar surface area (TPSA) is 63.6 Å². The predicted octanol–water partition coefficient (Wildman–Crippen LogP) is 3.31. The lowest BCUT2D eigenvalue weighted by atomic mass is 9.96. The van der Waals surface area contributed by atoms with Gasteiger partial charge in [0.15, 0.2) is 0 Å². The van der Waals surface area contributed by atoms with Gasteiger partial charge in [-0.15, -0.1) is 11.3 Å². The minimum atomic E-state index is -0.0268. The van der Waals surface area contributed by atoms with Gasteiger partial charge in [-0.1, -0.05) is 18.2 Å². The van der Waals surface area contributed by atoms with E-state index in [-0.39, 0.29) is 17.7 Å². The Morgan fingerprint density at radius 2 is 1.93 bits per heavy atom. The van der Waals surface area contributed by atoms with Gasteiger partial charge in [-0.2, -0.15) is 0 Å². The van der Waals surface area contributed by atoms with Crippen molar-refractivity contribution in [2.75, 3.05) is 33.4 Å². The average molecular weight is 412 g/mol. The predicted molar refractivity (Wildman–Crippen MR) is 115 cm³/mol. The van der Waals surface area contributed by atoms with Crippen LogP contribution in [-0.2, 0) is 9.53 Å². The van der Waals surface area contributed by atoms with E-state index < -0.39 is 0 Å². The minimum Gasteiger partial charge on any atom is -0.383 e. The van der Waals surface area contributed by atoms with Crippen molar-refractivity contribution in [2.45, 2.75) is 12.8 Å². The van der Waals surface area contributed by atoms with Crippen LogP contribution in [-0.4, -0.2) is 54.6 Å². The zero-order chi connectivity index (χ0) is 20.2. The molecule has 0 unspecified atom stereocenters. The van der Waals surface area contributed by atoms with Gasteiger partial charge in [0, 0.05) is 38.9 Å². The Kier molecular flexibility index (Phi) is 5.97. The van der Waals surface area contributed by atoms with Crippen LogP contribution in [0, 0.1) is 5.92 Å². The summed E-state index contributed by atoms with van der Waals surface area (Å²) < 4.78 is 7.08. The largest absolute Gasteiger partial charge is 0.383 e. The molecule has 6 nitrogen and oxygen atoms in total. The number of carbonyl (C=O) groups excluding carboxylic acids is 2. The van der Waals surface area contributed by atoms with E-state index in [1.54, 1.807) is 7.11 Å². The third-order valence-electron chi connectivity index (χ3n) is 5.40. The second-order valence-corrected chi connectivity index (χ2v) is 8.29. The maximum absolute atomic E-state index is 12.9. The van der Waals surface area contributed by atoms with Gasteiger partial charge >= 0.3 is 0 Å². The quantitative estimate of drug-likeness (QED) is 0.633. The third kappa shape index (κ3) is 4.21. The number of nitrogens with zero attached hydrogens (tertiary/aromatic N) is 2. The van der Waals surface area contributed by atoms with Gasteiger partial charge in [0.05, 0.1) is 17.0 Å². The Labute approximate surface area is 174 Å². The van der Waals surface area contributed by atoms with Gasteiger partial charge in [0.1, 0.15) is 5.00 Å². The summed E-state index contributed by atoms with van der Waals surface area (Å²) in [6, 6.07) is 14.2. The summed E-state index contributed by atoms with van der Waals surface area (Å²) in [5.41, 5.74) is 1.13. The van der Waals surface area contributed by atoms with Crippen LogP contribution in [0.5, 0.6) is 0 Å². The van der Waals surface area contributed by atoms with Gasteiger partial charge in [0.2, 0.25) is 5.91 Å². The monoisotopic (exact) mass is 411 g/mol.